The highest BCUT2D eigenvalue weighted by molar-refractivity contribution is 5.95. The molecule has 2 rings (SSSR count). The van der Waals surface area contributed by atoms with Crippen molar-refractivity contribution in [3.8, 4) is 0 Å². The summed E-state index contributed by atoms with van der Waals surface area (Å²) in [4.78, 5) is 11.7. The van der Waals surface area contributed by atoms with Gasteiger partial charge in [0.05, 0.1) is 0 Å². The van der Waals surface area contributed by atoms with Crippen LogP contribution in [0.5, 0.6) is 0 Å². The Hall–Kier alpha value is -1.55. The minimum atomic E-state index is -0.0420. The van der Waals surface area contributed by atoms with Crippen LogP contribution < -0.4 is 16.0 Å². The first-order chi connectivity index (χ1) is 10.1. The van der Waals surface area contributed by atoms with Crippen LogP contribution in [-0.4, -0.2) is 31.6 Å². The van der Waals surface area contributed by atoms with Crippen molar-refractivity contribution in [2.75, 3.05) is 18.9 Å². The summed E-state index contributed by atoms with van der Waals surface area (Å²) in [6.07, 6.45) is 5.01. The maximum atomic E-state index is 11.7. The predicted molar refractivity (Wildman–Crippen MR) is 87.9 cm³/mol. The van der Waals surface area contributed by atoms with Gasteiger partial charge in [-0.15, -0.1) is 0 Å². The van der Waals surface area contributed by atoms with E-state index in [1.54, 1.807) is 7.05 Å². The monoisotopic (exact) mass is 289 g/mol. The Balaban J connectivity index is 1.98. The smallest absolute Gasteiger partial charge is 0.251 e. The Kier molecular flexibility index (Phi) is 5.62. The average Bonchev–Trinajstić information content (AvgIpc) is 2.49. The van der Waals surface area contributed by atoms with E-state index in [2.05, 4.69) is 29.8 Å². The molecule has 0 bridgehead atoms. The van der Waals surface area contributed by atoms with Gasteiger partial charge in [-0.05, 0) is 57.4 Å². The van der Waals surface area contributed by atoms with Gasteiger partial charge in [-0.3, -0.25) is 4.79 Å². The van der Waals surface area contributed by atoms with Crippen LogP contribution in [0.2, 0.25) is 0 Å². The van der Waals surface area contributed by atoms with Gasteiger partial charge in [0.15, 0.2) is 0 Å². The molecule has 1 aliphatic rings. The molecule has 2 unspecified atom stereocenters. The molecule has 4 nitrogen and oxygen atoms in total. The fourth-order valence-corrected chi connectivity index (χ4v) is 2.94. The molecule has 2 atom stereocenters. The molecule has 1 aromatic rings. The van der Waals surface area contributed by atoms with E-state index in [9.17, 15) is 4.79 Å². The fourth-order valence-electron chi connectivity index (χ4n) is 2.94. The minimum absolute atomic E-state index is 0.0420. The Morgan fingerprint density at radius 3 is 2.90 bits per heavy atom. The summed E-state index contributed by atoms with van der Waals surface area (Å²) in [6.45, 7) is 5.42. The van der Waals surface area contributed by atoms with Crippen LogP contribution in [0.25, 0.3) is 0 Å². The van der Waals surface area contributed by atoms with Crippen molar-refractivity contribution < 1.29 is 4.79 Å². The standard InChI is InChI=1S/C17H27N3O/c1-12-7-8-14(17(21)18-3)11-16(12)20-13(2)10-15-6-4-5-9-19-15/h7-8,11,13,15,19-20H,4-6,9-10H2,1-3H3,(H,18,21). The highest BCUT2D eigenvalue weighted by Crippen LogP contribution is 2.20. The van der Waals surface area contributed by atoms with Crippen LogP contribution in [0.15, 0.2) is 18.2 Å². The number of hydrogen-bond donors (Lipinski definition) is 3. The molecule has 1 heterocycles. The van der Waals surface area contributed by atoms with Crippen LogP contribution in [0.3, 0.4) is 0 Å². The SMILES string of the molecule is CNC(=O)c1ccc(C)c(NC(C)CC2CCCCN2)c1. The molecule has 4 heteroatoms. The van der Waals surface area contributed by atoms with Crippen molar-refractivity contribution in [1.29, 1.82) is 0 Å². The highest BCUT2D eigenvalue weighted by Gasteiger charge is 2.16. The Labute approximate surface area is 127 Å². The lowest BCUT2D eigenvalue weighted by Gasteiger charge is -2.27. The van der Waals surface area contributed by atoms with Gasteiger partial charge in [0.1, 0.15) is 0 Å². The maximum Gasteiger partial charge on any atom is 0.251 e. The predicted octanol–water partition coefficient (Wildman–Crippen LogP) is 2.69. The molecule has 21 heavy (non-hydrogen) atoms. The molecule has 116 valence electrons. The van der Waals surface area contributed by atoms with Crippen molar-refractivity contribution in [2.24, 2.45) is 0 Å². The van der Waals surface area contributed by atoms with E-state index >= 15 is 0 Å². The first kappa shape index (κ1) is 15.8. The summed E-state index contributed by atoms with van der Waals surface area (Å²) >= 11 is 0. The minimum Gasteiger partial charge on any atom is -0.382 e. The maximum absolute atomic E-state index is 11.7. The number of rotatable bonds is 5. The second-order valence-electron chi connectivity index (χ2n) is 6.04. The molecule has 1 saturated heterocycles. The van der Waals surface area contributed by atoms with Gasteiger partial charge in [0.25, 0.3) is 5.91 Å². The summed E-state index contributed by atoms with van der Waals surface area (Å²) < 4.78 is 0. The number of amides is 1. The highest BCUT2D eigenvalue weighted by atomic mass is 16.1. The van der Waals surface area contributed by atoms with E-state index in [1.807, 2.05) is 18.2 Å². The summed E-state index contributed by atoms with van der Waals surface area (Å²) in [5.41, 5.74) is 2.93. The molecule has 0 radical (unpaired) electrons. The molecule has 1 fully saturated rings. The molecule has 0 spiro atoms. The third-order valence-corrected chi connectivity index (χ3v) is 4.18. The molecule has 1 aromatic carbocycles. The van der Waals surface area contributed by atoms with E-state index < -0.39 is 0 Å². The number of piperidine rings is 1. The Morgan fingerprint density at radius 2 is 2.24 bits per heavy atom. The van der Waals surface area contributed by atoms with Gasteiger partial charge in [-0.2, -0.15) is 0 Å². The lowest BCUT2D eigenvalue weighted by atomic mass is 9.98. The topological polar surface area (TPSA) is 53.2 Å². The van der Waals surface area contributed by atoms with Crippen molar-refractivity contribution in [3.05, 3.63) is 29.3 Å². The van der Waals surface area contributed by atoms with Gasteiger partial charge in [0.2, 0.25) is 0 Å². The Bertz CT molecular complexity index is 481. The van der Waals surface area contributed by atoms with Gasteiger partial charge in [-0.25, -0.2) is 0 Å². The zero-order chi connectivity index (χ0) is 15.2. The number of nitrogens with one attached hydrogen (secondary N) is 3. The van der Waals surface area contributed by atoms with E-state index in [4.69, 9.17) is 0 Å². The van der Waals surface area contributed by atoms with Gasteiger partial charge in [0, 0.05) is 30.4 Å². The molecule has 1 amide bonds. The van der Waals surface area contributed by atoms with Crippen LogP contribution >= 0.6 is 0 Å². The quantitative estimate of drug-likeness (QED) is 0.781. The van der Waals surface area contributed by atoms with E-state index in [1.165, 1.54) is 24.8 Å². The number of aryl methyl sites for hydroxylation is 1. The summed E-state index contributed by atoms with van der Waals surface area (Å²) in [5, 5.41) is 9.81. The number of hydrogen-bond acceptors (Lipinski definition) is 3. The first-order valence-electron chi connectivity index (χ1n) is 7.93. The zero-order valence-electron chi connectivity index (χ0n) is 13.3. The van der Waals surface area contributed by atoms with Crippen LogP contribution in [0.1, 0.15) is 48.5 Å². The van der Waals surface area contributed by atoms with E-state index in [-0.39, 0.29) is 5.91 Å². The number of benzene rings is 1. The molecular formula is C17H27N3O. The molecule has 1 aliphatic heterocycles. The van der Waals surface area contributed by atoms with Crippen LogP contribution in [0.4, 0.5) is 5.69 Å². The largest absolute Gasteiger partial charge is 0.382 e. The number of carbonyl (C=O) groups is 1. The van der Waals surface area contributed by atoms with Gasteiger partial charge in [-0.1, -0.05) is 12.5 Å². The first-order valence-corrected chi connectivity index (χ1v) is 7.93. The van der Waals surface area contributed by atoms with E-state index in [0.29, 0.717) is 17.6 Å². The third-order valence-electron chi connectivity index (χ3n) is 4.18. The summed E-state index contributed by atoms with van der Waals surface area (Å²) in [7, 11) is 1.66. The third kappa shape index (κ3) is 4.46. The van der Waals surface area contributed by atoms with Gasteiger partial charge >= 0.3 is 0 Å². The van der Waals surface area contributed by atoms with E-state index in [0.717, 1.165) is 18.7 Å². The fraction of sp³-hybridized carbons (Fsp3) is 0.588. The molecule has 3 N–H and O–H groups in total. The molecule has 0 aliphatic carbocycles. The second kappa shape index (κ2) is 7.46. The summed E-state index contributed by atoms with van der Waals surface area (Å²) in [5.74, 6) is -0.0420. The van der Waals surface area contributed by atoms with Crippen molar-refractivity contribution in [3.63, 3.8) is 0 Å². The molecular weight excluding hydrogens is 262 g/mol. The van der Waals surface area contributed by atoms with Gasteiger partial charge < -0.3 is 16.0 Å². The molecule has 0 aromatic heterocycles. The zero-order valence-corrected chi connectivity index (χ0v) is 13.3. The lowest BCUT2D eigenvalue weighted by molar-refractivity contribution is 0.0963. The van der Waals surface area contributed by atoms with Crippen molar-refractivity contribution in [1.82, 2.24) is 10.6 Å². The number of anilines is 1. The van der Waals surface area contributed by atoms with Crippen molar-refractivity contribution >= 4 is 11.6 Å². The average molecular weight is 289 g/mol. The van der Waals surface area contributed by atoms with Crippen LogP contribution in [0, 0.1) is 6.92 Å². The number of carbonyl (C=O) groups excluding carboxylic acids is 1. The normalized spacial score (nSPS) is 19.9. The van der Waals surface area contributed by atoms with Crippen molar-refractivity contribution in [2.45, 2.75) is 51.6 Å². The summed E-state index contributed by atoms with van der Waals surface area (Å²) in [6, 6.07) is 6.81. The van der Waals surface area contributed by atoms with Crippen LogP contribution in [-0.2, 0) is 0 Å². The molecule has 0 saturated carbocycles. The second-order valence-corrected chi connectivity index (χ2v) is 6.04. The Morgan fingerprint density at radius 1 is 1.43 bits per heavy atom. The lowest BCUT2D eigenvalue weighted by Crippen LogP contribution is -2.37.